The van der Waals surface area contributed by atoms with E-state index in [0.29, 0.717) is 16.8 Å². The van der Waals surface area contributed by atoms with Gasteiger partial charge in [-0.25, -0.2) is 0 Å². The molecule has 24 heavy (non-hydrogen) atoms. The number of ether oxygens (including phenoxy) is 1. The first-order valence-corrected chi connectivity index (χ1v) is 7.58. The summed E-state index contributed by atoms with van der Waals surface area (Å²) in [6.07, 6.45) is 0. The van der Waals surface area contributed by atoms with Crippen LogP contribution in [0.5, 0.6) is 5.75 Å². The first-order valence-electron chi connectivity index (χ1n) is 7.58. The Morgan fingerprint density at radius 1 is 0.917 bits per heavy atom. The molecule has 0 spiro atoms. The van der Waals surface area contributed by atoms with Gasteiger partial charge in [-0.05, 0) is 36.6 Å². The van der Waals surface area contributed by atoms with E-state index in [4.69, 9.17) is 4.74 Å². The molecule has 0 saturated carbocycles. The number of benzene rings is 3. The molecule has 3 aromatic rings. The van der Waals surface area contributed by atoms with Gasteiger partial charge in [-0.15, -0.1) is 0 Å². The van der Waals surface area contributed by atoms with Gasteiger partial charge in [0.15, 0.2) is 5.78 Å². The van der Waals surface area contributed by atoms with E-state index in [2.05, 4.69) is 5.32 Å². The quantitative estimate of drug-likeness (QED) is 0.729. The molecule has 0 aromatic heterocycles. The normalized spacial score (nSPS) is 10.4. The van der Waals surface area contributed by atoms with Crippen LogP contribution in [-0.4, -0.2) is 18.8 Å². The minimum Gasteiger partial charge on any atom is -0.496 e. The SMILES string of the molecule is COc1ccc(C(=O)Nc2cccc(C(C)=O)c2)c2ccccc12. The highest BCUT2D eigenvalue weighted by atomic mass is 16.5. The number of anilines is 1. The van der Waals surface area contributed by atoms with Crippen molar-refractivity contribution >= 4 is 28.2 Å². The first kappa shape index (κ1) is 15.7. The van der Waals surface area contributed by atoms with Crippen molar-refractivity contribution in [1.82, 2.24) is 0 Å². The third-order valence-corrected chi connectivity index (χ3v) is 3.88. The van der Waals surface area contributed by atoms with Crippen molar-refractivity contribution in [3.8, 4) is 5.75 Å². The number of Topliss-reactive ketones (excluding diaryl/α,β-unsaturated/α-hetero) is 1. The number of carbonyl (C=O) groups excluding carboxylic acids is 2. The monoisotopic (exact) mass is 319 g/mol. The second-order valence-corrected chi connectivity index (χ2v) is 5.45. The van der Waals surface area contributed by atoms with Gasteiger partial charge in [0.25, 0.3) is 5.91 Å². The van der Waals surface area contributed by atoms with E-state index in [1.807, 2.05) is 24.3 Å². The summed E-state index contributed by atoms with van der Waals surface area (Å²) in [5.74, 6) is 0.455. The maximum atomic E-state index is 12.7. The van der Waals surface area contributed by atoms with Crippen molar-refractivity contribution in [3.05, 3.63) is 71.8 Å². The van der Waals surface area contributed by atoms with Gasteiger partial charge in [-0.3, -0.25) is 9.59 Å². The summed E-state index contributed by atoms with van der Waals surface area (Å²) in [5.41, 5.74) is 1.71. The maximum Gasteiger partial charge on any atom is 0.256 e. The Labute approximate surface area is 140 Å². The Balaban J connectivity index is 1.98. The number of ketones is 1. The van der Waals surface area contributed by atoms with Crippen molar-refractivity contribution in [2.24, 2.45) is 0 Å². The van der Waals surface area contributed by atoms with Crippen LogP contribution in [0, 0.1) is 0 Å². The topological polar surface area (TPSA) is 55.4 Å². The summed E-state index contributed by atoms with van der Waals surface area (Å²) in [6.45, 7) is 1.50. The lowest BCUT2D eigenvalue weighted by molar-refractivity contribution is 0.101. The molecule has 0 bridgehead atoms. The Morgan fingerprint density at radius 2 is 1.67 bits per heavy atom. The highest BCUT2D eigenvalue weighted by Crippen LogP contribution is 2.28. The molecule has 3 aromatic carbocycles. The van der Waals surface area contributed by atoms with Crippen molar-refractivity contribution in [1.29, 1.82) is 0 Å². The molecule has 1 N–H and O–H groups in total. The van der Waals surface area contributed by atoms with Gasteiger partial charge < -0.3 is 10.1 Å². The molecule has 0 radical (unpaired) electrons. The van der Waals surface area contributed by atoms with Gasteiger partial charge in [-0.2, -0.15) is 0 Å². The lowest BCUT2D eigenvalue weighted by Gasteiger charge is -2.11. The van der Waals surface area contributed by atoms with Gasteiger partial charge >= 0.3 is 0 Å². The molecule has 0 aliphatic heterocycles. The second-order valence-electron chi connectivity index (χ2n) is 5.45. The van der Waals surface area contributed by atoms with Crippen LogP contribution in [0.2, 0.25) is 0 Å². The van der Waals surface area contributed by atoms with E-state index in [1.165, 1.54) is 6.92 Å². The molecular formula is C20H17NO3. The molecule has 1 amide bonds. The zero-order valence-electron chi connectivity index (χ0n) is 13.5. The Kier molecular flexibility index (Phi) is 4.29. The summed E-state index contributed by atoms with van der Waals surface area (Å²) >= 11 is 0. The average Bonchev–Trinajstić information content (AvgIpc) is 2.60. The lowest BCUT2D eigenvalue weighted by atomic mass is 10.0. The molecule has 0 atom stereocenters. The van der Waals surface area contributed by atoms with Crippen molar-refractivity contribution < 1.29 is 14.3 Å². The average molecular weight is 319 g/mol. The van der Waals surface area contributed by atoms with Crippen molar-refractivity contribution in [2.75, 3.05) is 12.4 Å². The number of nitrogens with one attached hydrogen (secondary N) is 1. The molecule has 3 rings (SSSR count). The van der Waals surface area contributed by atoms with Crippen LogP contribution >= 0.6 is 0 Å². The van der Waals surface area contributed by atoms with Crippen LogP contribution in [0.1, 0.15) is 27.6 Å². The Morgan fingerprint density at radius 3 is 2.38 bits per heavy atom. The number of fused-ring (bicyclic) bond motifs is 1. The number of hydrogen-bond donors (Lipinski definition) is 1. The summed E-state index contributed by atoms with van der Waals surface area (Å²) < 4.78 is 5.35. The van der Waals surface area contributed by atoms with Gasteiger partial charge in [-0.1, -0.05) is 36.4 Å². The third kappa shape index (κ3) is 2.99. The fourth-order valence-electron chi connectivity index (χ4n) is 2.66. The van der Waals surface area contributed by atoms with Crippen LogP contribution in [-0.2, 0) is 0 Å². The van der Waals surface area contributed by atoms with E-state index in [1.54, 1.807) is 43.5 Å². The van der Waals surface area contributed by atoms with Crippen LogP contribution in [0.15, 0.2) is 60.7 Å². The van der Waals surface area contributed by atoms with E-state index in [9.17, 15) is 9.59 Å². The van der Waals surface area contributed by atoms with Crippen LogP contribution < -0.4 is 10.1 Å². The summed E-state index contributed by atoms with van der Waals surface area (Å²) in [7, 11) is 1.61. The molecule has 0 aliphatic carbocycles. The number of hydrogen-bond acceptors (Lipinski definition) is 3. The maximum absolute atomic E-state index is 12.7. The van der Waals surface area contributed by atoms with E-state index >= 15 is 0 Å². The molecule has 0 unspecified atom stereocenters. The van der Waals surface area contributed by atoms with E-state index in [-0.39, 0.29) is 11.7 Å². The number of amides is 1. The van der Waals surface area contributed by atoms with Gasteiger partial charge in [0.1, 0.15) is 5.75 Å². The molecule has 0 saturated heterocycles. The zero-order valence-corrected chi connectivity index (χ0v) is 13.5. The fraction of sp³-hybridized carbons (Fsp3) is 0.100. The largest absolute Gasteiger partial charge is 0.496 e. The van der Waals surface area contributed by atoms with Gasteiger partial charge in [0.05, 0.1) is 7.11 Å². The standard InChI is InChI=1S/C20H17NO3/c1-13(22)14-6-5-7-15(12-14)21-20(23)18-10-11-19(24-2)17-9-4-3-8-16(17)18/h3-12H,1-2H3,(H,21,23). The molecule has 4 heteroatoms. The summed E-state index contributed by atoms with van der Waals surface area (Å²) in [5, 5.41) is 4.55. The van der Waals surface area contributed by atoms with Crippen LogP contribution in [0.3, 0.4) is 0 Å². The fourth-order valence-corrected chi connectivity index (χ4v) is 2.66. The molecule has 120 valence electrons. The first-order chi connectivity index (χ1) is 11.6. The Bertz CT molecular complexity index is 931. The van der Waals surface area contributed by atoms with Crippen LogP contribution in [0.25, 0.3) is 10.8 Å². The smallest absolute Gasteiger partial charge is 0.256 e. The highest BCUT2D eigenvalue weighted by molar-refractivity contribution is 6.14. The molecule has 0 heterocycles. The number of methoxy groups -OCH3 is 1. The minimum atomic E-state index is -0.227. The van der Waals surface area contributed by atoms with Crippen molar-refractivity contribution in [2.45, 2.75) is 6.92 Å². The molecular weight excluding hydrogens is 302 g/mol. The minimum absolute atomic E-state index is 0.0407. The summed E-state index contributed by atoms with van der Waals surface area (Å²) in [4.78, 5) is 24.1. The van der Waals surface area contributed by atoms with Crippen LogP contribution in [0.4, 0.5) is 5.69 Å². The van der Waals surface area contributed by atoms with E-state index in [0.717, 1.165) is 16.5 Å². The predicted octanol–water partition coefficient (Wildman–Crippen LogP) is 4.30. The number of rotatable bonds is 4. The summed E-state index contributed by atoms with van der Waals surface area (Å²) in [6, 6.07) is 18.0. The second kappa shape index (κ2) is 6.54. The number of carbonyl (C=O) groups is 2. The highest BCUT2D eigenvalue weighted by Gasteiger charge is 2.13. The molecule has 4 nitrogen and oxygen atoms in total. The van der Waals surface area contributed by atoms with Crippen molar-refractivity contribution in [3.63, 3.8) is 0 Å². The molecule has 0 fully saturated rings. The van der Waals surface area contributed by atoms with Gasteiger partial charge in [0, 0.05) is 22.2 Å². The Hall–Kier alpha value is -3.14. The van der Waals surface area contributed by atoms with Gasteiger partial charge in [0.2, 0.25) is 0 Å². The predicted molar refractivity (Wildman–Crippen MR) is 94.9 cm³/mol. The molecule has 0 aliphatic rings. The lowest BCUT2D eigenvalue weighted by Crippen LogP contribution is -2.13. The zero-order chi connectivity index (χ0) is 17.1. The third-order valence-electron chi connectivity index (χ3n) is 3.88. The van der Waals surface area contributed by atoms with E-state index < -0.39 is 0 Å².